The molecule has 0 bridgehead atoms. The summed E-state index contributed by atoms with van der Waals surface area (Å²) in [7, 11) is 0. The smallest absolute Gasteiger partial charge is 0.317 e. The van der Waals surface area contributed by atoms with Crippen molar-refractivity contribution in [3.8, 4) is 0 Å². The van der Waals surface area contributed by atoms with Crippen LogP contribution in [0.2, 0.25) is 0 Å². The van der Waals surface area contributed by atoms with Gasteiger partial charge in [-0.3, -0.25) is 14.5 Å². The molecule has 0 aliphatic heterocycles. The van der Waals surface area contributed by atoms with Crippen LogP contribution in [0.1, 0.15) is 41.7 Å². The molecule has 2 heterocycles. The molecule has 0 atom stereocenters. The minimum Gasteiger partial charge on any atom is -0.480 e. The summed E-state index contributed by atoms with van der Waals surface area (Å²) in [5, 5.41) is 12.1. The Bertz CT molecular complexity index is 836. The van der Waals surface area contributed by atoms with Crippen LogP contribution in [0, 0.1) is 12.8 Å². The summed E-state index contributed by atoms with van der Waals surface area (Å²) in [5.74, 6) is -0.288. The predicted octanol–water partition coefficient (Wildman–Crippen LogP) is 1.70. The maximum absolute atomic E-state index is 12.4. The van der Waals surface area contributed by atoms with Gasteiger partial charge in [-0.25, -0.2) is 4.98 Å². The first-order valence-corrected chi connectivity index (χ1v) is 9.20. The van der Waals surface area contributed by atoms with E-state index in [1.807, 2.05) is 29.7 Å². The topological polar surface area (TPSA) is 86.9 Å². The predicted molar refractivity (Wildman–Crippen MR) is 96.1 cm³/mol. The van der Waals surface area contributed by atoms with E-state index in [0.717, 1.165) is 30.6 Å². The molecule has 2 N–H and O–H groups in total. The van der Waals surface area contributed by atoms with E-state index in [9.17, 15) is 9.59 Å². The summed E-state index contributed by atoms with van der Waals surface area (Å²) in [4.78, 5) is 30.0. The summed E-state index contributed by atoms with van der Waals surface area (Å²) in [6.45, 7) is 2.95. The third-order valence-electron chi connectivity index (χ3n) is 5.34. The van der Waals surface area contributed by atoms with E-state index in [1.165, 1.54) is 12.8 Å². The number of carbonyl (C=O) groups excluding carboxylic acids is 1. The second-order valence-electron chi connectivity index (χ2n) is 7.66. The number of aryl methyl sites for hydroxylation is 1. The number of carboxylic acid groups (broad SMARTS) is 1. The highest BCUT2D eigenvalue weighted by molar-refractivity contribution is 5.93. The van der Waals surface area contributed by atoms with Crippen LogP contribution in [0.5, 0.6) is 0 Å². The van der Waals surface area contributed by atoms with Crippen molar-refractivity contribution in [3.05, 3.63) is 35.8 Å². The number of nitrogens with zero attached hydrogens (tertiary/aromatic N) is 3. The van der Waals surface area contributed by atoms with E-state index in [-0.39, 0.29) is 24.5 Å². The van der Waals surface area contributed by atoms with Gasteiger partial charge in [-0.1, -0.05) is 0 Å². The molecule has 138 valence electrons. The number of nitrogens with one attached hydrogen (secondary N) is 1. The summed E-state index contributed by atoms with van der Waals surface area (Å²) in [6.07, 6.45) is 7.66. The molecule has 7 heteroatoms. The first kappa shape index (κ1) is 17.0. The number of hydrogen-bond donors (Lipinski definition) is 2. The highest BCUT2D eigenvalue weighted by Gasteiger charge is 2.38. The van der Waals surface area contributed by atoms with Gasteiger partial charge < -0.3 is 14.8 Å². The molecule has 26 heavy (non-hydrogen) atoms. The lowest BCUT2D eigenvalue weighted by Gasteiger charge is -2.42. The van der Waals surface area contributed by atoms with E-state index in [2.05, 4.69) is 15.2 Å². The van der Waals surface area contributed by atoms with Crippen molar-refractivity contribution in [1.29, 1.82) is 0 Å². The zero-order valence-corrected chi connectivity index (χ0v) is 14.9. The van der Waals surface area contributed by atoms with Gasteiger partial charge >= 0.3 is 5.97 Å². The van der Waals surface area contributed by atoms with Crippen LogP contribution in [0.4, 0.5) is 0 Å². The van der Waals surface area contributed by atoms with Gasteiger partial charge in [-0.05, 0) is 56.2 Å². The van der Waals surface area contributed by atoms with E-state index in [0.29, 0.717) is 11.6 Å². The molecule has 0 aromatic carbocycles. The van der Waals surface area contributed by atoms with Gasteiger partial charge in [0.2, 0.25) is 0 Å². The molecule has 2 fully saturated rings. The third-order valence-corrected chi connectivity index (χ3v) is 5.34. The van der Waals surface area contributed by atoms with E-state index in [1.54, 1.807) is 6.20 Å². The van der Waals surface area contributed by atoms with E-state index < -0.39 is 5.97 Å². The number of aromatic nitrogens is 2. The zero-order valence-electron chi connectivity index (χ0n) is 14.9. The minimum absolute atomic E-state index is 0.0909. The van der Waals surface area contributed by atoms with Crippen LogP contribution < -0.4 is 5.32 Å². The Labute approximate surface area is 152 Å². The molecular formula is C19H24N4O3. The number of amides is 1. The number of carbonyl (C=O) groups is 2. The Kier molecular flexibility index (Phi) is 4.40. The van der Waals surface area contributed by atoms with Crippen LogP contribution in [0.3, 0.4) is 0 Å². The first-order chi connectivity index (χ1) is 12.5. The lowest BCUT2D eigenvalue weighted by Crippen LogP contribution is -2.55. The average Bonchev–Trinajstić information content (AvgIpc) is 3.25. The normalized spacial score (nSPS) is 22.4. The van der Waals surface area contributed by atoms with Crippen molar-refractivity contribution in [2.75, 3.05) is 13.1 Å². The molecule has 2 saturated carbocycles. The van der Waals surface area contributed by atoms with Gasteiger partial charge in [0.25, 0.3) is 5.91 Å². The molecule has 0 radical (unpaired) electrons. The van der Waals surface area contributed by atoms with Gasteiger partial charge in [0.1, 0.15) is 11.3 Å². The first-order valence-electron chi connectivity index (χ1n) is 9.20. The number of pyridine rings is 1. The Morgan fingerprint density at radius 1 is 1.38 bits per heavy atom. The SMILES string of the molecule is Cc1ccn2cc(C(=O)NC3CC(N(CC(=O)O)CC4CC4)C3)nc2c1. The molecule has 2 aromatic heterocycles. The van der Waals surface area contributed by atoms with Crippen LogP contribution in [-0.4, -0.2) is 56.4 Å². The van der Waals surface area contributed by atoms with E-state index in [4.69, 9.17) is 5.11 Å². The number of rotatable bonds is 7. The molecule has 2 aliphatic rings. The average molecular weight is 356 g/mol. The molecule has 2 aliphatic carbocycles. The Hall–Kier alpha value is -2.41. The minimum atomic E-state index is -0.780. The van der Waals surface area contributed by atoms with Crippen molar-refractivity contribution < 1.29 is 14.7 Å². The summed E-state index contributed by atoms with van der Waals surface area (Å²) in [6, 6.07) is 4.26. The van der Waals surface area contributed by atoms with Crippen LogP contribution >= 0.6 is 0 Å². The Morgan fingerprint density at radius 3 is 2.85 bits per heavy atom. The summed E-state index contributed by atoms with van der Waals surface area (Å²) in [5.41, 5.74) is 2.28. The number of hydrogen-bond acceptors (Lipinski definition) is 4. The molecule has 0 spiro atoms. The van der Waals surface area contributed by atoms with Gasteiger partial charge in [0, 0.05) is 31.0 Å². The van der Waals surface area contributed by atoms with Crippen molar-refractivity contribution in [1.82, 2.24) is 19.6 Å². The zero-order chi connectivity index (χ0) is 18.3. The molecule has 1 amide bonds. The van der Waals surface area contributed by atoms with Gasteiger partial charge in [0.05, 0.1) is 6.54 Å². The highest BCUT2D eigenvalue weighted by Crippen LogP contribution is 2.33. The molecule has 0 saturated heterocycles. The monoisotopic (exact) mass is 356 g/mol. The van der Waals surface area contributed by atoms with Crippen LogP contribution in [0.15, 0.2) is 24.5 Å². The van der Waals surface area contributed by atoms with Crippen molar-refractivity contribution in [2.45, 2.75) is 44.7 Å². The highest BCUT2D eigenvalue weighted by atomic mass is 16.4. The largest absolute Gasteiger partial charge is 0.480 e. The lowest BCUT2D eigenvalue weighted by molar-refractivity contribution is -0.139. The maximum Gasteiger partial charge on any atom is 0.317 e. The van der Waals surface area contributed by atoms with Crippen molar-refractivity contribution in [2.24, 2.45) is 5.92 Å². The Balaban J connectivity index is 1.33. The number of carboxylic acids is 1. The van der Waals surface area contributed by atoms with E-state index >= 15 is 0 Å². The number of imidazole rings is 1. The fourth-order valence-corrected chi connectivity index (χ4v) is 3.60. The molecule has 4 rings (SSSR count). The summed E-state index contributed by atoms with van der Waals surface area (Å²) < 4.78 is 1.84. The van der Waals surface area contributed by atoms with Gasteiger partial charge in [0.15, 0.2) is 0 Å². The fraction of sp³-hybridized carbons (Fsp3) is 0.526. The van der Waals surface area contributed by atoms with Crippen LogP contribution in [0.25, 0.3) is 5.65 Å². The molecule has 7 nitrogen and oxygen atoms in total. The summed E-state index contributed by atoms with van der Waals surface area (Å²) >= 11 is 0. The second-order valence-corrected chi connectivity index (χ2v) is 7.66. The lowest BCUT2D eigenvalue weighted by atomic mass is 9.85. The fourth-order valence-electron chi connectivity index (χ4n) is 3.60. The standard InChI is InChI=1S/C19H24N4O3/c1-12-4-5-22-10-16(21-17(22)6-12)19(26)20-14-7-15(8-14)23(11-18(24)25)9-13-2-3-13/h4-6,10,13-15H,2-3,7-9,11H2,1H3,(H,20,26)(H,24,25). The van der Waals surface area contributed by atoms with Gasteiger partial charge in [-0.2, -0.15) is 0 Å². The number of fused-ring (bicyclic) bond motifs is 1. The molecule has 2 aromatic rings. The second kappa shape index (κ2) is 6.72. The van der Waals surface area contributed by atoms with Crippen molar-refractivity contribution in [3.63, 3.8) is 0 Å². The molecule has 0 unspecified atom stereocenters. The van der Waals surface area contributed by atoms with Crippen LogP contribution in [-0.2, 0) is 4.79 Å². The third kappa shape index (κ3) is 3.72. The number of aliphatic carboxylic acids is 1. The Morgan fingerprint density at radius 2 is 2.15 bits per heavy atom. The molecular weight excluding hydrogens is 332 g/mol. The van der Waals surface area contributed by atoms with Gasteiger partial charge in [-0.15, -0.1) is 0 Å². The quantitative estimate of drug-likeness (QED) is 0.788. The van der Waals surface area contributed by atoms with Crippen molar-refractivity contribution >= 4 is 17.5 Å². The maximum atomic E-state index is 12.4.